The van der Waals surface area contributed by atoms with Crippen LogP contribution in [0.5, 0.6) is 0 Å². The molecular formula is C14H12BrN3S. The molecule has 0 saturated heterocycles. The molecule has 0 amide bonds. The van der Waals surface area contributed by atoms with Gasteiger partial charge in [0.25, 0.3) is 0 Å². The Labute approximate surface area is 123 Å². The molecule has 1 aromatic carbocycles. The summed E-state index contributed by atoms with van der Waals surface area (Å²) in [6, 6.07) is 8.26. The molecule has 0 aliphatic rings. The Bertz CT molecular complexity index is 752. The molecule has 0 spiro atoms. The third kappa shape index (κ3) is 2.13. The minimum Gasteiger partial charge on any atom is -0.383 e. The van der Waals surface area contributed by atoms with Crippen LogP contribution in [0.2, 0.25) is 0 Å². The zero-order valence-corrected chi connectivity index (χ0v) is 12.8. The molecule has 0 unspecified atom stereocenters. The van der Waals surface area contributed by atoms with E-state index >= 15 is 0 Å². The zero-order chi connectivity index (χ0) is 13.4. The first-order valence-corrected chi connectivity index (χ1v) is 7.66. The highest BCUT2D eigenvalue weighted by atomic mass is 79.9. The highest BCUT2D eigenvalue weighted by Gasteiger charge is 2.13. The first kappa shape index (κ1) is 12.6. The number of anilines is 1. The number of fused-ring (bicyclic) bond motifs is 1. The minimum absolute atomic E-state index is 0.497. The normalized spacial score (nSPS) is 11.1. The molecule has 0 radical (unpaired) electrons. The number of rotatable bonds is 2. The maximum absolute atomic E-state index is 5.95. The summed E-state index contributed by atoms with van der Waals surface area (Å²) in [6.45, 7) is 2.06. The maximum Gasteiger partial charge on any atom is 0.163 e. The van der Waals surface area contributed by atoms with Crippen molar-refractivity contribution >= 4 is 43.2 Å². The molecule has 2 N–H and O–H groups in total. The number of nitrogen functional groups attached to an aromatic ring is 1. The van der Waals surface area contributed by atoms with Crippen LogP contribution in [0.3, 0.4) is 0 Å². The van der Waals surface area contributed by atoms with Crippen molar-refractivity contribution in [2.45, 2.75) is 13.3 Å². The van der Waals surface area contributed by atoms with Crippen LogP contribution in [-0.4, -0.2) is 9.97 Å². The van der Waals surface area contributed by atoms with Crippen molar-refractivity contribution in [2.75, 3.05) is 5.73 Å². The number of nitrogens with zero attached hydrogens (tertiary/aromatic N) is 2. The van der Waals surface area contributed by atoms with Gasteiger partial charge in [-0.1, -0.05) is 25.1 Å². The van der Waals surface area contributed by atoms with Crippen LogP contribution in [0.15, 0.2) is 34.1 Å². The summed E-state index contributed by atoms with van der Waals surface area (Å²) in [5.74, 6) is 1.20. The van der Waals surface area contributed by atoms with Crippen molar-refractivity contribution in [3.05, 3.63) is 39.8 Å². The Hall–Kier alpha value is -1.46. The Morgan fingerprint density at radius 1 is 1.26 bits per heavy atom. The lowest BCUT2D eigenvalue weighted by molar-refractivity contribution is 0.997. The predicted molar refractivity (Wildman–Crippen MR) is 84.3 cm³/mol. The van der Waals surface area contributed by atoms with Gasteiger partial charge in [-0.05, 0) is 28.4 Å². The summed E-state index contributed by atoms with van der Waals surface area (Å²) >= 11 is 5.14. The summed E-state index contributed by atoms with van der Waals surface area (Å²) in [5, 5.41) is 3.27. The van der Waals surface area contributed by atoms with Gasteiger partial charge in [0.2, 0.25) is 0 Å². The van der Waals surface area contributed by atoms with E-state index in [1.165, 1.54) is 10.1 Å². The number of nitrogens with two attached hydrogens (primary N) is 1. The molecular weight excluding hydrogens is 322 g/mol. The molecule has 0 saturated carbocycles. The van der Waals surface area contributed by atoms with E-state index in [9.17, 15) is 0 Å². The van der Waals surface area contributed by atoms with Crippen LogP contribution in [-0.2, 0) is 6.42 Å². The predicted octanol–water partition coefficient (Wildman–Crippen LogP) is 4.27. The number of hydrogen-bond acceptors (Lipinski definition) is 4. The molecule has 5 heteroatoms. The number of thiophene rings is 1. The van der Waals surface area contributed by atoms with Gasteiger partial charge in [-0.15, -0.1) is 11.3 Å². The molecule has 0 bridgehead atoms. The van der Waals surface area contributed by atoms with Crippen LogP contribution in [0.25, 0.3) is 21.5 Å². The third-order valence-corrected chi connectivity index (χ3v) is 4.83. The monoisotopic (exact) mass is 333 g/mol. The van der Waals surface area contributed by atoms with Crippen molar-refractivity contribution in [2.24, 2.45) is 0 Å². The van der Waals surface area contributed by atoms with Crippen LogP contribution >= 0.6 is 27.3 Å². The maximum atomic E-state index is 5.95. The average molecular weight is 334 g/mol. The fourth-order valence-electron chi connectivity index (χ4n) is 2.02. The Morgan fingerprint density at radius 2 is 2.05 bits per heavy atom. The topological polar surface area (TPSA) is 51.8 Å². The van der Waals surface area contributed by atoms with Gasteiger partial charge in [-0.25, -0.2) is 9.97 Å². The first-order chi connectivity index (χ1) is 9.20. The fourth-order valence-corrected chi connectivity index (χ4v) is 3.42. The van der Waals surface area contributed by atoms with Crippen LogP contribution in [0.4, 0.5) is 5.82 Å². The van der Waals surface area contributed by atoms with Crippen molar-refractivity contribution < 1.29 is 0 Å². The number of aryl methyl sites for hydroxylation is 1. The highest BCUT2D eigenvalue weighted by Crippen LogP contribution is 2.33. The summed E-state index contributed by atoms with van der Waals surface area (Å²) < 4.78 is 2.04. The van der Waals surface area contributed by atoms with Gasteiger partial charge >= 0.3 is 0 Å². The number of hydrogen-bond donors (Lipinski definition) is 1. The molecule has 96 valence electrons. The zero-order valence-electron chi connectivity index (χ0n) is 10.4. The summed E-state index contributed by atoms with van der Waals surface area (Å²) in [6.07, 6.45) is 0.822. The van der Waals surface area contributed by atoms with Crippen molar-refractivity contribution in [1.29, 1.82) is 0 Å². The van der Waals surface area contributed by atoms with E-state index in [0.29, 0.717) is 11.6 Å². The minimum atomic E-state index is 0.497. The lowest BCUT2D eigenvalue weighted by Crippen LogP contribution is -2.01. The lowest BCUT2D eigenvalue weighted by Gasteiger charge is -2.06. The summed E-state index contributed by atoms with van der Waals surface area (Å²) in [4.78, 5) is 9.01. The SMILES string of the molecule is CCc1nc(-c2csc3ccccc23)nc(N)c1Br. The second-order valence-electron chi connectivity index (χ2n) is 4.19. The van der Waals surface area contributed by atoms with E-state index in [1.54, 1.807) is 11.3 Å². The molecule has 2 heterocycles. The third-order valence-electron chi connectivity index (χ3n) is 3.00. The summed E-state index contributed by atoms with van der Waals surface area (Å²) in [5.41, 5.74) is 7.95. The largest absolute Gasteiger partial charge is 0.383 e. The van der Waals surface area contributed by atoms with Gasteiger partial charge in [0, 0.05) is 21.0 Å². The van der Waals surface area contributed by atoms with Gasteiger partial charge in [0.1, 0.15) is 5.82 Å². The molecule has 3 aromatic rings. The van der Waals surface area contributed by atoms with E-state index < -0.39 is 0 Å². The van der Waals surface area contributed by atoms with E-state index in [0.717, 1.165) is 22.2 Å². The molecule has 0 aliphatic carbocycles. The van der Waals surface area contributed by atoms with Crippen LogP contribution in [0.1, 0.15) is 12.6 Å². The molecule has 3 nitrogen and oxygen atoms in total. The quantitative estimate of drug-likeness (QED) is 0.762. The first-order valence-electron chi connectivity index (χ1n) is 5.99. The second kappa shape index (κ2) is 4.90. The van der Waals surface area contributed by atoms with E-state index in [-0.39, 0.29) is 0 Å². The van der Waals surface area contributed by atoms with E-state index in [4.69, 9.17) is 5.73 Å². The average Bonchev–Trinajstić information content (AvgIpc) is 2.85. The Morgan fingerprint density at radius 3 is 2.84 bits per heavy atom. The molecule has 0 fully saturated rings. The second-order valence-corrected chi connectivity index (χ2v) is 5.90. The highest BCUT2D eigenvalue weighted by molar-refractivity contribution is 9.10. The number of aromatic nitrogens is 2. The molecule has 2 aromatic heterocycles. The number of benzene rings is 1. The van der Waals surface area contributed by atoms with Gasteiger partial charge < -0.3 is 5.73 Å². The smallest absolute Gasteiger partial charge is 0.163 e. The molecule has 3 rings (SSSR count). The Kier molecular flexibility index (Phi) is 3.24. The van der Waals surface area contributed by atoms with Gasteiger partial charge in [-0.3, -0.25) is 0 Å². The Balaban J connectivity index is 2.24. The summed E-state index contributed by atoms with van der Waals surface area (Å²) in [7, 11) is 0. The van der Waals surface area contributed by atoms with Crippen molar-refractivity contribution in [3.8, 4) is 11.4 Å². The molecule has 19 heavy (non-hydrogen) atoms. The van der Waals surface area contributed by atoms with Crippen LogP contribution < -0.4 is 5.73 Å². The van der Waals surface area contributed by atoms with Crippen LogP contribution in [0, 0.1) is 0 Å². The van der Waals surface area contributed by atoms with Crippen molar-refractivity contribution in [1.82, 2.24) is 9.97 Å². The number of halogens is 1. The van der Waals surface area contributed by atoms with Gasteiger partial charge in [0.05, 0.1) is 10.2 Å². The van der Waals surface area contributed by atoms with Gasteiger partial charge in [0.15, 0.2) is 5.82 Å². The van der Waals surface area contributed by atoms with E-state index in [1.807, 2.05) is 12.1 Å². The molecule has 0 aliphatic heterocycles. The van der Waals surface area contributed by atoms with Gasteiger partial charge in [-0.2, -0.15) is 0 Å². The standard InChI is InChI=1S/C14H12BrN3S/c1-2-10-12(15)13(16)18-14(17-10)9-7-19-11-6-4-3-5-8(9)11/h3-7H,2H2,1H3,(H2,16,17,18). The van der Waals surface area contributed by atoms with Crippen molar-refractivity contribution in [3.63, 3.8) is 0 Å². The lowest BCUT2D eigenvalue weighted by atomic mass is 10.1. The van der Waals surface area contributed by atoms with E-state index in [2.05, 4.69) is 50.3 Å². The molecule has 0 atom stereocenters. The fraction of sp³-hybridized carbons (Fsp3) is 0.143.